The van der Waals surface area contributed by atoms with E-state index in [0.717, 1.165) is 5.56 Å². The van der Waals surface area contributed by atoms with E-state index in [1.54, 1.807) is 18.2 Å². The first kappa shape index (κ1) is 14.0. The van der Waals surface area contributed by atoms with Gasteiger partial charge in [0.05, 0.1) is 23.8 Å². The van der Waals surface area contributed by atoms with E-state index < -0.39 is 11.8 Å². The SMILES string of the molecule is COCC1(OC(C)=O)CC(c2cccc(C#N)c2)=NO1. The van der Waals surface area contributed by atoms with Crippen LogP contribution in [0.5, 0.6) is 0 Å². The second-order valence-corrected chi connectivity index (χ2v) is 4.44. The molecule has 104 valence electrons. The summed E-state index contributed by atoms with van der Waals surface area (Å²) in [5.74, 6) is -1.69. The second kappa shape index (κ2) is 5.72. The Labute approximate surface area is 116 Å². The van der Waals surface area contributed by atoms with Gasteiger partial charge in [-0.25, -0.2) is 0 Å². The number of hydrogen-bond acceptors (Lipinski definition) is 6. The van der Waals surface area contributed by atoms with Crippen molar-refractivity contribution in [3.63, 3.8) is 0 Å². The number of ether oxygens (including phenoxy) is 2. The average molecular weight is 274 g/mol. The van der Waals surface area contributed by atoms with Crippen molar-refractivity contribution in [2.45, 2.75) is 19.1 Å². The molecule has 1 aliphatic heterocycles. The van der Waals surface area contributed by atoms with Crippen molar-refractivity contribution in [1.29, 1.82) is 5.26 Å². The lowest BCUT2D eigenvalue weighted by Crippen LogP contribution is -2.39. The summed E-state index contributed by atoms with van der Waals surface area (Å²) in [6.07, 6.45) is 0.273. The minimum atomic E-state index is -1.22. The fourth-order valence-corrected chi connectivity index (χ4v) is 2.02. The van der Waals surface area contributed by atoms with Gasteiger partial charge in [-0.1, -0.05) is 17.3 Å². The smallest absolute Gasteiger partial charge is 0.306 e. The number of esters is 1. The van der Waals surface area contributed by atoms with E-state index in [1.165, 1.54) is 14.0 Å². The average Bonchev–Trinajstić information content (AvgIpc) is 2.82. The van der Waals surface area contributed by atoms with E-state index in [9.17, 15) is 4.79 Å². The lowest BCUT2D eigenvalue weighted by molar-refractivity contribution is -0.236. The number of nitriles is 1. The summed E-state index contributed by atoms with van der Waals surface area (Å²) >= 11 is 0. The first-order valence-electron chi connectivity index (χ1n) is 6.03. The highest BCUT2D eigenvalue weighted by Crippen LogP contribution is 2.29. The number of hydrogen-bond donors (Lipinski definition) is 0. The Hall–Kier alpha value is -2.39. The predicted octanol–water partition coefficient (Wildman–Crippen LogP) is 1.59. The number of methoxy groups -OCH3 is 1. The topological polar surface area (TPSA) is 80.9 Å². The maximum Gasteiger partial charge on any atom is 0.306 e. The van der Waals surface area contributed by atoms with E-state index in [1.807, 2.05) is 6.07 Å². The maximum absolute atomic E-state index is 11.2. The number of carbonyl (C=O) groups excluding carboxylic acids is 1. The van der Waals surface area contributed by atoms with Gasteiger partial charge in [-0.2, -0.15) is 5.26 Å². The summed E-state index contributed by atoms with van der Waals surface area (Å²) < 4.78 is 10.2. The Morgan fingerprint density at radius 3 is 3.05 bits per heavy atom. The molecule has 0 fully saturated rings. The van der Waals surface area contributed by atoms with Gasteiger partial charge in [-0.3, -0.25) is 4.79 Å². The Balaban J connectivity index is 2.20. The van der Waals surface area contributed by atoms with Crippen LogP contribution >= 0.6 is 0 Å². The van der Waals surface area contributed by atoms with Crippen LogP contribution < -0.4 is 0 Å². The zero-order chi connectivity index (χ0) is 14.6. The highest BCUT2D eigenvalue weighted by atomic mass is 16.8. The number of carbonyl (C=O) groups is 1. The molecule has 0 aromatic heterocycles. The summed E-state index contributed by atoms with van der Waals surface area (Å²) in [6, 6.07) is 9.05. The molecule has 0 N–H and O–H groups in total. The fraction of sp³-hybridized carbons (Fsp3) is 0.357. The van der Waals surface area contributed by atoms with Gasteiger partial charge in [0.1, 0.15) is 6.61 Å². The highest BCUT2D eigenvalue weighted by Gasteiger charge is 2.43. The van der Waals surface area contributed by atoms with Crippen LogP contribution in [0.4, 0.5) is 0 Å². The quantitative estimate of drug-likeness (QED) is 0.779. The van der Waals surface area contributed by atoms with Crippen molar-refractivity contribution >= 4 is 11.7 Å². The van der Waals surface area contributed by atoms with Crippen LogP contribution in [0, 0.1) is 11.3 Å². The van der Waals surface area contributed by atoms with Gasteiger partial charge < -0.3 is 14.3 Å². The van der Waals surface area contributed by atoms with Crippen molar-refractivity contribution < 1.29 is 19.1 Å². The molecule has 0 saturated carbocycles. The number of rotatable bonds is 4. The third-order valence-corrected chi connectivity index (χ3v) is 2.78. The summed E-state index contributed by atoms with van der Waals surface area (Å²) in [5, 5.41) is 12.9. The van der Waals surface area contributed by atoms with Crippen LogP contribution in [0.1, 0.15) is 24.5 Å². The molecule has 6 heteroatoms. The van der Waals surface area contributed by atoms with E-state index in [4.69, 9.17) is 19.6 Å². The molecule has 0 saturated heterocycles. The molecule has 1 aromatic carbocycles. The summed E-state index contributed by atoms with van der Waals surface area (Å²) in [4.78, 5) is 16.4. The molecule has 1 heterocycles. The summed E-state index contributed by atoms with van der Waals surface area (Å²) in [6.45, 7) is 1.38. The molecular weight excluding hydrogens is 260 g/mol. The van der Waals surface area contributed by atoms with Crippen molar-refractivity contribution in [2.75, 3.05) is 13.7 Å². The lowest BCUT2D eigenvalue weighted by atomic mass is 10.0. The fourth-order valence-electron chi connectivity index (χ4n) is 2.02. The molecular formula is C14H14N2O4. The first-order chi connectivity index (χ1) is 9.58. The third-order valence-electron chi connectivity index (χ3n) is 2.78. The van der Waals surface area contributed by atoms with Crippen molar-refractivity contribution in [3.05, 3.63) is 35.4 Å². The van der Waals surface area contributed by atoms with E-state index in [0.29, 0.717) is 11.3 Å². The largest absolute Gasteiger partial charge is 0.418 e. The molecule has 0 radical (unpaired) electrons. The molecule has 1 unspecified atom stereocenters. The van der Waals surface area contributed by atoms with Crippen LogP contribution in [-0.4, -0.2) is 31.2 Å². The van der Waals surface area contributed by atoms with Crippen molar-refractivity contribution in [1.82, 2.24) is 0 Å². The Morgan fingerprint density at radius 2 is 2.40 bits per heavy atom. The number of oxime groups is 1. The van der Waals surface area contributed by atoms with Crippen LogP contribution in [-0.2, 0) is 19.1 Å². The van der Waals surface area contributed by atoms with Crippen molar-refractivity contribution in [2.24, 2.45) is 5.16 Å². The molecule has 0 bridgehead atoms. The van der Waals surface area contributed by atoms with Gasteiger partial charge in [0, 0.05) is 19.6 Å². The zero-order valence-corrected chi connectivity index (χ0v) is 11.3. The van der Waals surface area contributed by atoms with E-state index >= 15 is 0 Å². The summed E-state index contributed by atoms with van der Waals surface area (Å²) in [5.41, 5.74) is 1.90. The van der Waals surface area contributed by atoms with Crippen LogP contribution in [0.3, 0.4) is 0 Å². The van der Waals surface area contributed by atoms with Gasteiger partial charge in [-0.15, -0.1) is 0 Å². The number of benzene rings is 1. The van der Waals surface area contributed by atoms with Crippen LogP contribution in [0.2, 0.25) is 0 Å². The van der Waals surface area contributed by atoms with E-state index in [-0.39, 0.29) is 13.0 Å². The van der Waals surface area contributed by atoms with E-state index in [2.05, 4.69) is 11.2 Å². The normalized spacial score (nSPS) is 20.8. The zero-order valence-electron chi connectivity index (χ0n) is 11.3. The van der Waals surface area contributed by atoms with Crippen LogP contribution in [0.25, 0.3) is 0 Å². The van der Waals surface area contributed by atoms with Gasteiger partial charge in [0.15, 0.2) is 0 Å². The molecule has 1 atom stereocenters. The minimum absolute atomic E-state index is 0.0809. The molecule has 2 rings (SSSR count). The minimum Gasteiger partial charge on any atom is -0.418 e. The van der Waals surface area contributed by atoms with Gasteiger partial charge in [0.25, 0.3) is 0 Å². The van der Waals surface area contributed by atoms with Crippen molar-refractivity contribution in [3.8, 4) is 6.07 Å². The maximum atomic E-state index is 11.2. The molecule has 0 spiro atoms. The van der Waals surface area contributed by atoms with Gasteiger partial charge in [-0.05, 0) is 12.1 Å². The Bertz CT molecular complexity index is 591. The predicted molar refractivity (Wildman–Crippen MR) is 69.8 cm³/mol. The standard InChI is InChI=1S/C14H14N2O4/c1-10(17)19-14(9-18-2)7-13(16-20-14)12-5-3-4-11(6-12)8-15/h3-6H,7,9H2,1-2H3. The molecule has 0 amide bonds. The second-order valence-electron chi connectivity index (χ2n) is 4.44. The Morgan fingerprint density at radius 1 is 1.60 bits per heavy atom. The highest BCUT2D eigenvalue weighted by molar-refractivity contribution is 6.01. The molecule has 0 aliphatic carbocycles. The third kappa shape index (κ3) is 2.95. The summed E-state index contributed by atoms with van der Waals surface area (Å²) in [7, 11) is 1.49. The van der Waals surface area contributed by atoms with Crippen LogP contribution in [0.15, 0.2) is 29.4 Å². The monoisotopic (exact) mass is 274 g/mol. The molecule has 1 aromatic rings. The molecule has 20 heavy (non-hydrogen) atoms. The Kier molecular flexibility index (Phi) is 4.01. The molecule has 6 nitrogen and oxygen atoms in total. The first-order valence-corrected chi connectivity index (χ1v) is 6.03. The van der Waals surface area contributed by atoms with Gasteiger partial charge in [0.2, 0.25) is 0 Å². The molecule has 1 aliphatic rings. The lowest BCUT2D eigenvalue weighted by Gasteiger charge is -2.24. The van der Waals surface area contributed by atoms with Gasteiger partial charge >= 0.3 is 11.8 Å². The number of nitrogens with zero attached hydrogens (tertiary/aromatic N) is 2.